The van der Waals surface area contributed by atoms with Crippen LogP contribution < -0.4 is 4.72 Å². The average molecular weight is 335 g/mol. The maximum Gasteiger partial charge on any atom is 0.289 e. The molecule has 1 aromatic rings. The van der Waals surface area contributed by atoms with E-state index in [9.17, 15) is 18.5 Å². The van der Waals surface area contributed by atoms with Gasteiger partial charge in [0.25, 0.3) is 5.69 Å². The lowest BCUT2D eigenvalue weighted by molar-refractivity contribution is -0.384. The van der Waals surface area contributed by atoms with Gasteiger partial charge in [-0.3, -0.25) is 10.1 Å². The number of nitro groups is 1. The van der Waals surface area contributed by atoms with Crippen LogP contribution in [0.3, 0.4) is 0 Å². The Morgan fingerprint density at radius 1 is 1.38 bits per heavy atom. The summed E-state index contributed by atoms with van der Waals surface area (Å²) in [5, 5.41) is 10.7. The number of nitrogens with zero attached hydrogens (tertiary/aromatic N) is 1. The fourth-order valence-electron chi connectivity index (χ4n) is 1.95. The van der Waals surface area contributed by atoms with E-state index in [1.54, 1.807) is 6.92 Å². The van der Waals surface area contributed by atoms with Crippen LogP contribution in [0.4, 0.5) is 5.69 Å². The van der Waals surface area contributed by atoms with Crippen LogP contribution in [-0.2, 0) is 10.0 Å². The molecule has 6 nitrogen and oxygen atoms in total. The Labute approximate surface area is 129 Å². The van der Waals surface area contributed by atoms with Crippen molar-refractivity contribution >= 4 is 27.3 Å². The number of rotatable bonds is 7. The van der Waals surface area contributed by atoms with E-state index in [0.29, 0.717) is 12.3 Å². The molecule has 0 aromatic heterocycles. The maximum absolute atomic E-state index is 12.2. The zero-order valence-electron chi connectivity index (χ0n) is 12.2. The van der Waals surface area contributed by atoms with Crippen LogP contribution in [0.25, 0.3) is 0 Å². The summed E-state index contributed by atoms with van der Waals surface area (Å²) < 4.78 is 27.0. The molecule has 0 aliphatic heterocycles. The first-order valence-corrected chi connectivity index (χ1v) is 8.49. The molecule has 0 spiro atoms. The minimum atomic E-state index is -3.80. The van der Waals surface area contributed by atoms with Crippen molar-refractivity contribution < 1.29 is 13.3 Å². The molecule has 2 atom stereocenters. The lowest BCUT2D eigenvalue weighted by atomic mass is 10.0. The highest BCUT2D eigenvalue weighted by molar-refractivity contribution is 7.89. The molecule has 2 unspecified atom stereocenters. The maximum atomic E-state index is 12.2. The molecule has 0 saturated carbocycles. The molecule has 0 aliphatic carbocycles. The van der Waals surface area contributed by atoms with Crippen LogP contribution in [0.15, 0.2) is 23.1 Å². The van der Waals surface area contributed by atoms with E-state index in [1.807, 2.05) is 13.8 Å². The van der Waals surface area contributed by atoms with Crippen molar-refractivity contribution in [2.75, 3.05) is 0 Å². The van der Waals surface area contributed by atoms with Gasteiger partial charge in [-0.25, -0.2) is 13.1 Å². The van der Waals surface area contributed by atoms with E-state index >= 15 is 0 Å². The van der Waals surface area contributed by atoms with Gasteiger partial charge in [0.1, 0.15) is 5.02 Å². The van der Waals surface area contributed by atoms with E-state index in [0.717, 1.165) is 12.5 Å². The van der Waals surface area contributed by atoms with Crippen molar-refractivity contribution in [1.82, 2.24) is 4.72 Å². The topological polar surface area (TPSA) is 89.3 Å². The summed E-state index contributed by atoms with van der Waals surface area (Å²) >= 11 is 5.68. The fourth-order valence-corrected chi connectivity index (χ4v) is 3.41. The molecule has 0 fully saturated rings. The first kappa shape index (κ1) is 17.9. The summed E-state index contributed by atoms with van der Waals surface area (Å²) in [5.74, 6) is 0.391. The molecular weight excluding hydrogens is 316 g/mol. The van der Waals surface area contributed by atoms with Gasteiger partial charge >= 0.3 is 0 Å². The Hall–Kier alpha value is -1.18. The summed E-state index contributed by atoms with van der Waals surface area (Å²) in [7, 11) is -3.80. The van der Waals surface area contributed by atoms with Crippen molar-refractivity contribution in [3.63, 3.8) is 0 Å². The van der Waals surface area contributed by atoms with Gasteiger partial charge in [0.15, 0.2) is 0 Å². The molecule has 0 radical (unpaired) electrons. The van der Waals surface area contributed by atoms with Gasteiger partial charge in [0.05, 0.1) is 9.82 Å². The summed E-state index contributed by atoms with van der Waals surface area (Å²) in [6.07, 6.45) is 1.66. The first-order chi connectivity index (χ1) is 9.67. The number of sulfonamides is 1. The molecule has 0 heterocycles. The SMILES string of the molecule is CCC(C)CC(C)NS(=O)(=O)c1ccc(Cl)c([N+](=O)[O-])c1. The Balaban J connectivity index is 2.98. The number of benzene rings is 1. The van der Waals surface area contributed by atoms with Crippen LogP contribution in [-0.4, -0.2) is 19.4 Å². The largest absolute Gasteiger partial charge is 0.289 e. The number of halogens is 1. The number of nitrogens with one attached hydrogen (secondary N) is 1. The molecule has 1 rings (SSSR count). The minimum Gasteiger partial charge on any atom is -0.258 e. The third-order valence-corrected chi connectivity index (χ3v) is 5.14. The van der Waals surface area contributed by atoms with E-state index in [2.05, 4.69) is 4.72 Å². The Morgan fingerprint density at radius 3 is 2.52 bits per heavy atom. The smallest absolute Gasteiger partial charge is 0.258 e. The summed E-state index contributed by atoms with van der Waals surface area (Å²) in [6, 6.07) is 3.20. The molecule has 8 heteroatoms. The highest BCUT2D eigenvalue weighted by Gasteiger charge is 2.22. The predicted molar refractivity (Wildman–Crippen MR) is 82.0 cm³/mol. The highest BCUT2D eigenvalue weighted by Crippen LogP contribution is 2.27. The zero-order chi connectivity index (χ0) is 16.2. The Kier molecular flexibility index (Phi) is 6.12. The lowest BCUT2D eigenvalue weighted by Crippen LogP contribution is -2.33. The second-order valence-electron chi connectivity index (χ2n) is 5.14. The van der Waals surface area contributed by atoms with Crippen molar-refractivity contribution in [2.24, 2.45) is 5.92 Å². The summed E-state index contributed by atoms with van der Waals surface area (Å²) in [4.78, 5) is 9.95. The molecule has 118 valence electrons. The third-order valence-electron chi connectivity index (χ3n) is 3.23. The number of hydrogen-bond acceptors (Lipinski definition) is 4. The van der Waals surface area contributed by atoms with Gasteiger partial charge in [-0.15, -0.1) is 0 Å². The summed E-state index contributed by atoms with van der Waals surface area (Å²) in [5.41, 5.74) is -0.422. The van der Waals surface area contributed by atoms with Crippen LogP contribution in [0, 0.1) is 16.0 Å². The van der Waals surface area contributed by atoms with Crippen molar-refractivity contribution in [1.29, 1.82) is 0 Å². The highest BCUT2D eigenvalue weighted by atomic mass is 35.5. The van der Waals surface area contributed by atoms with Crippen LogP contribution in [0.1, 0.15) is 33.6 Å². The third kappa shape index (κ3) is 4.94. The fraction of sp³-hybridized carbons (Fsp3) is 0.538. The Morgan fingerprint density at radius 2 is 2.00 bits per heavy atom. The molecule has 1 N–H and O–H groups in total. The van der Waals surface area contributed by atoms with Crippen LogP contribution in [0.5, 0.6) is 0 Å². The molecular formula is C13H19ClN2O4S. The standard InChI is InChI=1S/C13H19ClN2O4S/c1-4-9(2)7-10(3)15-21(19,20)11-5-6-12(14)13(8-11)16(17)18/h5-6,8-10,15H,4,7H2,1-3H3. The molecule has 0 amide bonds. The Bertz CT molecular complexity index is 619. The molecule has 0 aliphatic rings. The molecule has 21 heavy (non-hydrogen) atoms. The van der Waals surface area contributed by atoms with E-state index in [-0.39, 0.29) is 16.0 Å². The molecule has 0 saturated heterocycles. The van der Waals surface area contributed by atoms with E-state index in [4.69, 9.17) is 11.6 Å². The molecule has 0 bridgehead atoms. The minimum absolute atomic E-state index is 0.0911. The van der Waals surface area contributed by atoms with E-state index < -0.39 is 20.6 Å². The van der Waals surface area contributed by atoms with Gasteiger partial charge in [0, 0.05) is 12.1 Å². The number of hydrogen-bond donors (Lipinski definition) is 1. The average Bonchev–Trinajstić information content (AvgIpc) is 2.37. The zero-order valence-corrected chi connectivity index (χ0v) is 13.7. The van der Waals surface area contributed by atoms with Crippen LogP contribution in [0.2, 0.25) is 5.02 Å². The monoisotopic (exact) mass is 334 g/mol. The first-order valence-electron chi connectivity index (χ1n) is 6.63. The second-order valence-corrected chi connectivity index (χ2v) is 7.26. The van der Waals surface area contributed by atoms with Gasteiger partial charge in [-0.1, -0.05) is 31.9 Å². The van der Waals surface area contributed by atoms with Gasteiger partial charge < -0.3 is 0 Å². The molecule has 1 aromatic carbocycles. The van der Waals surface area contributed by atoms with Crippen LogP contribution >= 0.6 is 11.6 Å². The summed E-state index contributed by atoms with van der Waals surface area (Å²) in [6.45, 7) is 5.85. The normalized spacial score (nSPS) is 14.7. The van der Waals surface area contributed by atoms with Crippen molar-refractivity contribution in [3.8, 4) is 0 Å². The van der Waals surface area contributed by atoms with E-state index in [1.165, 1.54) is 12.1 Å². The predicted octanol–water partition coefficient (Wildman–Crippen LogP) is 3.35. The van der Waals surface area contributed by atoms with Crippen molar-refractivity contribution in [2.45, 2.75) is 44.6 Å². The second kappa shape index (κ2) is 7.20. The van der Waals surface area contributed by atoms with Gasteiger partial charge in [0.2, 0.25) is 10.0 Å². The number of nitro benzene ring substituents is 1. The lowest BCUT2D eigenvalue weighted by Gasteiger charge is -2.17. The van der Waals surface area contributed by atoms with Gasteiger partial charge in [-0.05, 0) is 31.4 Å². The van der Waals surface area contributed by atoms with Gasteiger partial charge in [-0.2, -0.15) is 0 Å². The quantitative estimate of drug-likeness (QED) is 0.611. The van der Waals surface area contributed by atoms with Crippen molar-refractivity contribution in [3.05, 3.63) is 33.3 Å².